The van der Waals surface area contributed by atoms with Gasteiger partial charge in [-0.05, 0) is 115 Å². The third-order valence-corrected chi connectivity index (χ3v) is 18.9. The summed E-state index contributed by atoms with van der Waals surface area (Å²) in [6.07, 6.45) is 11.8. The molecule has 1 unspecified atom stereocenters. The summed E-state index contributed by atoms with van der Waals surface area (Å²) >= 11 is 0. The number of rotatable bonds is 47. The molecule has 3 aliphatic rings. The number of nitrogens with zero attached hydrogens (tertiary/aromatic N) is 3. The molecule has 542 valence electrons. The maximum absolute atomic E-state index is 13.0. The van der Waals surface area contributed by atoms with E-state index in [0.717, 1.165) is 33.8 Å². The quantitative estimate of drug-likeness (QED) is 0.0180. The molecule has 1 saturated heterocycles. The van der Waals surface area contributed by atoms with Crippen molar-refractivity contribution in [2.45, 2.75) is 114 Å². The zero-order valence-corrected chi connectivity index (χ0v) is 59.2. The molecule has 0 saturated carbocycles. The molecule has 2 amide bonds. The molecule has 2 aromatic carbocycles. The standard InChI is InChI=1S/C67H97N3O24S3/c1-51-50-67(22-26-85-32-34-89-40-42-91-38-36-87-30-28-83-6,23-27-86-33-35-90-41-43-92-39-37-88-31-29-84-7)69(25-13-45-96(77,78)79)58-49-59-55(48-54(51)58)52(46-61(93-59)65(2,3)4)14-9-8-10-15-60-66(5,21-11-16-64(73)94-70-62(71)19-20-63(70)72)56-47-53(97(80,81)82)17-18-57(56)68(60)24-12-44-95(74,75)76/h8-10,14-15,17-18,46-50H,11-13,16,19-45H2,1-7H3,(H2-,74,75,76,77,78,79,80,81,82)/b10-8+,14-9+,60-15-. The lowest BCUT2D eigenvalue weighted by atomic mass is 9.77. The molecule has 1 aromatic heterocycles. The molecule has 97 heavy (non-hydrogen) atoms. The third kappa shape index (κ3) is 25.5. The molecule has 2 N–H and O–H groups in total. The fraction of sp³-hybridized carbons (Fsp3) is 0.612. The Labute approximate surface area is 570 Å². The predicted molar refractivity (Wildman–Crippen MR) is 361 cm³/mol. The van der Waals surface area contributed by atoms with Crippen LogP contribution in [-0.2, 0) is 108 Å². The molecule has 27 nitrogen and oxygen atoms in total. The van der Waals surface area contributed by atoms with Crippen LogP contribution >= 0.6 is 0 Å². The SMILES string of the molecule is COCCOCCOCCOCCOCCC1(CCOCCOCCOCCOCCOC)C=C(C)c2cc3c(/C=C/C=C/C=C4\N(CCCS(=O)(=O)O)c5ccc(S(=O)(=O)[O-])cc5C4(C)CCCC(=O)ON4C(=O)CCC4=O)cc(C(C)(C)C)[o+]c3cc2N1CCCS(=O)(=O)O. The van der Waals surface area contributed by atoms with E-state index in [1.54, 1.807) is 44.3 Å². The second-order valence-corrected chi connectivity index (χ2v) is 29.3. The summed E-state index contributed by atoms with van der Waals surface area (Å²) in [6.45, 7) is 17.0. The first kappa shape index (κ1) is 80.3. The number of amides is 2. The van der Waals surface area contributed by atoms with Crippen LogP contribution in [0.3, 0.4) is 0 Å². The number of ether oxygens (including phenoxy) is 10. The van der Waals surface area contributed by atoms with Crippen molar-refractivity contribution >= 4 is 82.1 Å². The van der Waals surface area contributed by atoms with Gasteiger partial charge in [0.15, 0.2) is 0 Å². The normalized spacial score (nSPS) is 17.2. The Kier molecular flexibility index (Phi) is 32.1. The van der Waals surface area contributed by atoms with Gasteiger partial charge in [0.2, 0.25) is 0 Å². The minimum absolute atomic E-state index is 0.0251. The maximum atomic E-state index is 13.0. The highest BCUT2D eigenvalue weighted by molar-refractivity contribution is 7.86. The predicted octanol–water partition coefficient (Wildman–Crippen LogP) is 7.65. The second-order valence-electron chi connectivity index (χ2n) is 24.7. The molecule has 1 atom stereocenters. The van der Waals surface area contributed by atoms with Gasteiger partial charge in [0.1, 0.15) is 10.1 Å². The fourth-order valence-electron chi connectivity index (χ4n) is 11.5. The number of hydrogen-bond acceptors (Lipinski definition) is 23. The van der Waals surface area contributed by atoms with Crippen molar-refractivity contribution < 1.29 is 110 Å². The Morgan fingerprint density at radius 1 is 0.639 bits per heavy atom. The van der Waals surface area contributed by atoms with E-state index in [2.05, 4.69) is 11.0 Å². The summed E-state index contributed by atoms with van der Waals surface area (Å²) in [4.78, 5) is 46.0. The van der Waals surface area contributed by atoms with Crippen LogP contribution in [0.15, 0.2) is 81.8 Å². The van der Waals surface area contributed by atoms with Crippen molar-refractivity contribution in [3.8, 4) is 0 Å². The smallest absolute Gasteiger partial charge is 0.362 e. The van der Waals surface area contributed by atoms with Crippen LogP contribution in [0.4, 0.5) is 11.4 Å². The highest BCUT2D eigenvalue weighted by atomic mass is 32.2. The molecule has 3 aliphatic heterocycles. The number of carbonyl (C=O) groups excluding carboxylic acids is 3. The van der Waals surface area contributed by atoms with Gasteiger partial charge in [-0.25, -0.2) is 17.6 Å². The number of imide groups is 1. The fourth-order valence-corrected chi connectivity index (χ4v) is 13.0. The van der Waals surface area contributed by atoms with E-state index < -0.39 is 80.9 Å². The monoisotopic (exact) mass is 1420 g/mol. The van der Waals surface area contributed by atoms with Gasteiger partial charge in [0, 0.05) is 93.8 Å². The topological polar surface area (TPSA) is 340 Å². The van der Waals surface area contributed by atoms with Crippen molar-refractivity contribution in [1.29, 1.82) is 0 Å². The minimum atomic E-state index is -4.97. The molecule has 6 rings (SSSR count). The Balaban J connectivity index is 1.31. The van der Waals surface area contributed by atoms with Crippen molar-refractivity contribution in [1.82, 2.24) is 5.06 Å². The Morgan fingerprint density at radius 2 is 1.14 bits per heavy atom. The van der Waals surface area contributed by atoms with Crippen LogP contribution in [0.2, 0.25) is 0 Å². The van der Waals surface area contributed by atoms with Crippen molar-refractivity contribution in [3.63, 3.8) is 0 Å². The Hall–Kier alpha value is -5.65. The molecular formula is C67H97N3O24S3. The van der Waals surface area contributed by atoms with Crippen LogP contribution in [0.5, 0.6) is 0 Å². The zero-order valence-electron chi connectivity index (χ0n) is 56.8. The number of allylic oxidation sites excluding steroid dienone is 6. The molecule has 3 aromatic rings. The van der Waals surface area contributed by atoms with E-state index in [9.17, 15) is 53.3 Å². The number of hydroxylamine groups is 2. The lowest BCUT2D eigenvalue weighted by molar-refractivity contribution is -0.197. The first-order valence-electron chi connectivity index (χ1n) is 32.5. The van der Waals surface area contributed by atoms with Crippen LogP contribution in [0, 0.1) is 0 Å². The number of hydrogen-bond donors (Lipinski definition) is 2. The van der Waals surface area contributed by atoms with E-state index >= 15 is 0 Å². The van der Waals surface area contributed by atoms with Crippen molar-refractivity contribution in [2.75, 3.05) is 168 Å². The third-order valence-electron chi connectivity index (χ3n) is 16.4. The summed E-state index contributed by atoms with van der Waals surface area (Å²) in [5.74, 6) is -2.59. The Bertz CT molecular complexity index is 3500. The zero-order chi connectivity index (χ0) is 70.7. The molecule has 30 heteroatoms. The van der Waals surface area contributed by atoms with E-state index in [1.165, 1.54) is 12.1 Å². The van der Waals surface area contributed by atoms with E-state index in [4.69, 9.17) is 56.6 Å². The largest absolute Gasteiger partial charge is 0.744 e. The summed E-state index contributed by atoms with van der Waals surface area (Å²) < 4.78 is 169. The lowest BCUT2D eigenvalue weighted by Crippen LogP contribution is -2.52. The van der Waals surface area contributed by atoms with Gasteiger partial charge in [-0.15, -0.1) is 5.06 Å². The highest BCUT2D eigenvalue weighted by Crippen LogP contribution is 2.52. The van der Waals surface area contributed by atoms with Gasteiger partial charge < -0.3 is 66.6 Å². The molecule has 0 aliphatic carbocycles. The second kappa shape index (κ2) is 38.8. The maximum Gasteiger partial charge on any atom is 0.362 e. The number of methoxy groups -OCH3 is 2. The summed E-state index contributed by atoms with van der Waals surface area (Å²) in [7, 11) is -10.5. The molecular weight excluding hydrogens is 1330 g/mol. The number of benzene rings is 2. The highest BCUT2D eigenvalue weighted by Gasteiger charge is 2.45. The van der Waals surface area contributed by atoms with Crippen LogP contribution in [0.1, 0.15) is 115 Å². The van der Waals surface area contributed by atoms with E-state index in [0.29, 0.717) is 152 Å². The molecule has 0 spiro atoms. The summed E-state index contributed by atoms with van der Waals surface area (Å²) in [5.41, 5.74) is 2.75. The minimum Gasteiger partial charge on any atom is -0.744 e. The van der Waals surface area contributed by atoms with Crippen LogP contribution < -0.4 is 9.80 Å². The summed E-state index contributed by atoms with van der Waals surface area (Å²) in [5, 5.41) is 1.19. The van der Waals surface area contributed by atoms with Gasteiger partial charge in [-0.2, -0.15) is 16.8 Å². The Morgan fingerprint density at radius 3 is 1.64 bits per heavy atom. The lowest BCUT2D eigenvalue weighted by Gasteiger charge is -2.48. The molecule has 4 heterocycles. The van der Waals surface area contributed by atoms with Gasteiger partial charge >= 0.3 is 17.3 Å². The molecule has 0 bridgehead atoms. The summed E-state index contributed by atoms with van der Waals surface area (Å²) in [6, 6.07) is 9.84. The molecule has 0 radical (unpaired) electrons. The average Bonchev–Trinajstić information content (AvgIpc) is 1.13. The average molecular weight is 1420 g/mol. The van der Waals surface area contributed by atoms with Crippen LogP contribution in [-0.4, -0.2) is 225 Å². The van der Waals surface area contributed by atoms with E-state index in [-0.39, 0.29) is 71.2 Å². The number of anilines is 2. The van der Waals surface area contributed by atoms with Gasteiger partial charge in [-0.3, -0.25) is 18.7 Å². The van der Waals surface area contributed by atoms with Gasteiger partial charge in [0.05, 0.1) is 150 Å². The molecule has 1 fully saturated rings. The van der Waals surface area contributed by atoms with E-state index in [1.807, 2.05) is 58.0 Å². The van der Waals surface area contributed by atoms with Gasteiger partial charge in [0.25, 0.3) is 32.1 Å². The van der Waals surface area contributed by atoms with Crippen LogP contribution in [0.25, 0.3) is 22.6 Å². The van der Waals surface area contributed by atoms with Crippen molar-refractivity contribution in [2.24, 2.45) is 0 Å². The number of fused-ring (bicyclic) bond motifs is 3. The number of carbonyl (C=O) groups is 3. The van der Waals surface area contributed by atoms with Gasteiger partial charge in [-0.1, -0.05) is 30.4 Å². The first-order valence-corrected chi connectivity index (χ1v) is 37.2. The van der Waals surface area contributed by atoms with Crippen molar-refractivity contribution in [3.05, 3.63) is 94.9 Å². The first-order chi connectivity index (χ1) is 46.1.